The zero-order valence-electron chi connectivity index (χ0n) is 13.9. The second-order valence-corrected chi connectivity index (χ2v) is 6.59. The maximum Gasteiger partial charge on any atom is 0.573 e. The second-order valence-electron chi connectivity index (χ2n) is 5.68. The number of alkyl halides is 3. The molecule has 3 rings (SSSR count). The Balaban J connectivity index is 1.51. The Labute approximate surface area is 161 Å². The molecule has 1 aliphatic rings. The van der Waals surface area contributed by atoms with E-state index in [9.17, 15) is 18.0 Å². The smallest absolute Gasteiger partial charge is 0.406 e. The van der Waals surface area contributed by atoms with Crippen molar-refractivity contribution in [2.45, 2.75) is 6.36 Å². The average molecular weight is 446 g/mol. The minimum atomic E-state index is -4.75. The second kappa shape index (κ2) is 7.99. The lowest BCUT2D eigenvalue weighted by molar-refractivity contribution is -0.274. The molecule has 0 spiro atoms. The summed E-state index contributed by atoms with van der Waals surface area (Å²) in [4.78, 5) is 24.4. The van der Waals surface area contributed by atoms with E-state index in [0.29, 0.717) is 37.8 Å². The van der Waals surface area contributed by atoms with Crippen LogP contribution in [-0.4, -0.2) is 53.4 Å². The summed E-state index contributed by atoms with van der Waals surface area (Å²) in [6, 6.07) is 4.67. The van der Waals surface area contributed by atoms with Crippen molar-refractivity contribution in [3.8, 4) is 5.75 Å². The van der Waals surface area contributed by atoms with Gasteiger partial charge in [0.15, 0.2) is 0 Å². The summed E-state index contributed by atoms with van der Waals surface area (Å²) < 4.78 is 41.0. The molecule has 1 aromatic carbocycles. The summed E-state index contributed by atoms with van der Waals surface area (Å²) in [5.74, 6) is 0.252. The van der Waals surface area contributed by atoms with Crippen LogP contribution in [0.15, 0.2) is 41.1 Å². The number of carbonyl (C=O) groups excluding carboxylic acids is 1. The summed E-state index contributed by atoms with van der Waals surface area (Å²) >= 11 is 3.28. The summed E-state index contributed by atoms with van der Waals surface area (Å²) in [5, 5.41) is 2.66. The van der Waals surface area contributed by atoms with Gasteiger partial charge in [0.25, 0.3) is 0 Å². The number of nitrogens with zero attached hydrogens (tertiary/aromatic N) is 4. The van der Waals surface area contributed by atoms with Crippen LogP contribution in [0.1, 0.15) is 0 Å². The molecule has 2 heterocycles. The third-order valence-corrected chi connectivity index (χ3v) is 4.21. The summed E-state index contributed by atoms with van der Waals surface area (Å²) in [7, 11) is 0. The van der Waals surface area contributed by atoms with Gasteiger partial charge in [-0.15, -0.1) is 13.2 Å². The molecule has 0 saturated carbocycles. The number of hydrogen-bond donors (Lipinski definition) is 1. The van der Waals surface area contributed by atoms with Crippen LogP contribution < -0.4 is 15.0 Å². The Hall–Kier alpha value is -2.56. The van der Waals surface area contributed by atoms with E-state index in [-0.39, 0.29) is 11.8 Å². The van der Waals surface area contributed by atoms with Gasteiger partial charge in [-0.2, -0.15) is 0 Å². The number of urea groups is 1. The molecule has 144 valence electrons. The van der Waals surface area contributed by atoms with Crippen molar-refractivity contribution >= 4 is 33.6 Å². The number of piperazine rings is 1. The topological polar surface area (TPSA) is 70.6 Å². The molecule has 7 nitrogen and oxygen atoms in total. The fourth-order valence-corrected chi connectivity index (χ4v) is 2.73. The quantitative estimate of drug-likeness (QED) is 0.782. The third-order valence-electron chi connectivity index (χ3n) is 3.80. The Morgan fingerprint density at radius 2 is 1.67 bits per heavy atom. The summed E-state index contributed by atoms with van der Waals surface area (Å²) in [6.45, 7) is 2.10. The summed E-state index contributed by atoms with van der Waals surface area (Å²) in [5.41, 5.74) is 0.383. The Morgan fingerprint density at radius 3 is 2.22 bits per heavy atom. The molecule has 1 aromatic heterocycles. The van der Waals surface area contributed by atoms with E-state index >= 15 is 0 Å². The van der Waals surface area contributed by atoms with E-state index in [0.717, 1.165) is 16.6 Å². The number of aromatic nitrogens is 2. The molecule has 0 atom stereocenters. The number of anilines is 2. The first kappa shape index (κ1) is 19.2. The van der Waals surface area contributed by atoms with Gasteiger partial charge in [-0.25, -0.2) is 14.8 Å². The van der Waals surface area contributed by atoms with Gasteiger partial charge in [-0.05, 0) is 40.2 Å². The lowest BCUT2D eigenvalue weighted by Crippen LogP contribution is -2.50. The van der Waals surface area contributed by atoms with E-state index in [1.165, 1.54) is 12.1 Å². The SMILES string of the molecule is O=C(Nc1ccc(OC(F)(F)F)cc1)N1CCN(c2ncc(Br)cn2)CC1. The zero-order valence-corrected chi connectivity index (χ0v) is 15.5. The molecule has 1 aliphatic heterocycles. The van der Waals surface area contributed by atoms with Crippen molar-refractivity contribution in [2.24, 2.45) is 0 Å². The number of halogens is 4. The highest BCUT2D eigenvalue weighted by Crippen LogP contribution is 2.24. The summed E-state index contributed by atoms with van der Waals surface area (Å²) in [6.07, 6.45) is -1.43. The van der Waals surface area contributed by atoms with Crippen LogP contribution in [0.4, 0.5) is 29.6 Å². The zero-order chi connectivity index (χ0) is 19.4. The van der Waals surface area contributed by atoms with Crippen LogP contribution in [0.25, 0.3) is 0 Å². The van der Waals surface area contributed by atoms with E-state index in [1.54, 1.807) is 17.3 Å². The first-order valence-electron chi connectivity index (χ1n) is 7.94. The van der Waals surface area contributed by atoms with Gasteiger partial charge in [-0.3, -0.25) is 0 Å². The first-order valence-corrected chi connectivity index (χ1v) is 8.74. The van der Waals surface area contributed by atoms with Crippen LogP contribution >= 0.6 is 15.9 Å². The number of amides is 2. The minimum absolute atomic E-state index is 0.323. The molecule has 11 heteroatoms. The van der Waals surface area contributed by atoms with Crippen molar-refractivity contribution < 1.29 is 22.7 Å². The molecule has 1 N–H and O–H groups in total. The van der Waals surface area contributed by atoms with Crippen LogP contribution in [0.3, 0.4) is 0 Å². The highest BCUT2D eigenvalue weighted by Gasteiger charge is 2.31. The molecule has 1 fully saturated rings. The Kier molecular flexibility index (Phi) is 5.68. The molecule has 0 bridgehead atoms. The standard InChI is InChI=1S/C16H15BrF3N5O2/c17-11-9-21-14(22-10-11)24-5-7-25(8-6-24)15(26)23-12-1-3-13(4-2-12)27-16(18,19)20/h1-4,9-10H,5-8H2,(H,23,26). The van der Waals surface area contributed by atoms with Gasteiger partial charge in [-0.1, -0.05) is 0 Å². The number of rotatable bonds is 3. The van der Waals surface area contributed by atoms with Gasteiger partial charge in [0.05, 0.1) is 4.47 Å². The van der Waals surface area contributed by atoms with Crippen molar-refractivity contribution in [1.29, 1.82) is 0 Å². The molecule has 2 aromatic rings. The van der Waals surface area contributed by atoms with E-state index < -0.39 is 6.36 Å². The third kappa shape index (κ3) is 5.46. The average Bonchev–Trinajstić information content (AvgIpc) is 2.63. The van der Waals surface area contributed by atoms with Gasteiger partial charge >= 0.3 is 12.4 Å². The first-order chi connectivity index (χ1) is 12.8. The lowest BCUT2D eigenvalue weighted by atomic mass is 10.3. The van der Waals surface area contributed by atoms with Gasteiger partial charge in [0, 0.05) is 44.3 Å². The van der Waals surface area contributed by atoms with E-state index in [1.807, 2.05) is 4.90 Å². The lowest BCUT2D eigenvalue weighted by Gasteiger charge is -2.34. The monoisotopic (exact) mass is 445 g/mol. The highest BCUT2D eigenvalue weighted by atomic mass is 79.9. The highest BCUT2D eigenvalue weighted by molar-refractivity contribution is 9.10. The van der Waals surface area contributed by atoms with Gasteiger partial charge < -0.3 is 19.9 Å². The molecule has 2 amide bonds. The number of hydrogen-bond acceptors (Lipinski definition) is 5. The van der Waals surface area contributed by atoms with E-state index in [2.05, 4.69) is 36.0 Å². The predicted molar refractivity (Wildman–Crippen MR) is 95.7 cm³/mol. The van der Waals surface area contributed by atoms with E-state index in [4.69, 9.17) is 0 Å². The molecule has 27 heavy (non-hydrogen) atoms. The van der Waals surface area contributed by atoms with Gasteiger partial charge in [0.2, 0.25) is 5.95 Å². The molecule has 0 radical (unpaired) electrons. The Morgan fingerprint density at radius 1 is 1.07 bits per heavy atom. The van der Waals surface area contributed by atoms with Crippen molar-refractivity contribution in [1.82, 2.24) is 14.9 Å². The molecule has 0 unspecified atom stereocenters. The minimum Gasteiger partial charge on any atom is -0.406 e. The normalized spacial score (nSPS) is 14.8. The molecular weight excluding hydrogens is 431 g/mol. The Bertz CT molecular complexity index is 778. The van der Waals surface area contributed by atoms with Crippen LogP contribution in [0, 0.1) is 0 Å². The molecular formula is C16H15BrF3N5O2. The maximum atomic E-state index is 12.3. The molecule has 0 aliphatic carbocycles. The maximum absolute atomic E-state index is 12.3. The predicted octanol–water partition coefficient (Wildman–Crippen LogP) is 3.49. The largest absolute Gasteiger partial charge is 0.573 e. The molecule has 1 saturated heterocycles. The van der Waals surface area contributed by atoms with Crippen LogP contribution in [0.5, 0.6) is 5.75 Å². The fourth-order valence-electron chi connectivity index (χ4n) is 2.52. The number of ether oxygens (including phenoxy) is 1. The van der Waals surface area contributed by atoms with Crippen LogP contribution in [-0.2, 0) is 0 Å². The van der Waals surface area contributed by atoms with Crippen molar-refractivity contribution in [2.75, 3.05) is 36.4 Å². The number of carbonyl (C=O) groups is 1. The number of benzene rings is 1. The number of nitrogens with one attached hydrogen (secondary N) is 1. The van der Waals surface area contributed by atoms with Crippen LogP contribution in [0.2, 0.25) is 0 Å². The van der Waals surface area contributed by atoms with Crippen molar-refractivity contribution in [3.05, 3.63) is 41.1 Å². The van der Waals surface area contributed by atoms with Crippen molar-refractivity contribution in [3.63, 3.8) is 0 Å². The van der Waals surface area contributed by atoms with Gasteiger partial charge in [0.1, 0.15) is 5.75 Å². The fraction of sp³-hybridized carbons (Fsp3) is 0.312.